The van der Waals surface area contributed by atoms with Crippen molar-refractivity contribution in [3.63, 3.8) is 0 Å². The molecule has 0 unspecified atom stereocenters. The molecule has 0 fully saturated rings. The molecule has 5 heteroatoms. The van der Waals surface area contributed by atoms with Crippen LogP contribution in [0.3, 0.4) is 0 Å². The predicted molar refractivity (Wildman–Crippen MR) is 35.5 cm³/mol. The molecule has 11 heavy (non-hydrogen) atoms. The number of aromatic amines is 1. The van der Waals surface area contributed by atoms with Crippen molar-refractivity contribution < 1.29 is 9.13 Å². The number of rotatable bonds is 2. The Morgan fingerprint density at radius 1 is 1.82 bits per heavy atom. The lowest BCUT2D eigenvalue weighted by Crippen LogP contribution is -2.15. The topological polar surface area (TPSA) is 55.0 Å². The van der Waals surface area contributed by atoms with Crippen molar-refractivity contribution in [1.29, 1.82) is 0 Å². The van der Waals surface area contributed by atoms with Crippen LogP contribution in [0.2, 0.25) is 0 Å². The average Bonchev–Trinajstić information content (AvgIpc) is 1.99. The molecule has 0 aliphatic carbocycles. The van der Waals surface area contributed by atoms with E-state index in [1.165, 1.54) is 7.11 Å². The van der Waals surface area contributed by atoms with E-state index >= 15 is 0 Å². The van der Waals surface area contributed by atoms with Crippen molar-refractivity contribution in [3.8, 4) is 0 Å². The summed E-state index contributed by atoms with van der Waals surface area (Å²) < 4.78 is 17.3. The summed E-state index contributed by atoms with van der Waals surface area (Å²) in [6.07, 6.45) is 1.14. The Kier molecular flexibility index (Phi) is 2.32. The molecule has 0 aliphatic heterocycles. The van der Waals surface area contributed by atoms with Gasteiger partial charge in [0.15, 0.2) is 0 Å². The third-order valence-corrected chi connectivity index (χ3v) is 1.15. The summed E-state index contributed by atoms with van der Waals surface area (Å²) >= 11 is 0. The third kappa shape index (κ3) is 1.62. The van der Waals surface area contributed by atoms with Crippen molar-refractivity contribution in [2.75, 3.05) is 7.11 Å². The van der Waals surface area contributed by atoms with Crippen LogP contribution in [0.4, 0.5) is 4.39 Å². The molecule has 1 aromatic heterocycles. The molecule has 0 aliphatic rings. The molecule has 4 nitrogen and oxygen atoms in total. The van der Waals surface area contributed by atoms with E-state index in [1.807, 2.05) is 0 Å². The van der Waals surface area contributed by atoms with Crippen LogP contribution < -0.4 is 5.56 Å². The minimum atomic E-state index is -0.880. The molecule has 1 heterocycles. The van der Waals surface area contributed by atoms with Gasteiger partial charge < -0.3 is 9.72 Å². The summed E-state index contributed by atoms with van der Waals surface area (Å²) in [7, 11) is 1.41. The number of hydrogen-bond donors (Lipinski definition) is 1. The van der Waals surface area contributed by atoms with Gasteiger partial charge in [-0.05, 0) is 0 Å². The Morgan fingerprint density at radius 3 is 3.18 bits per heavy atom. The lowest BCUT2D eigenvalue weighted by molar-refractivity contribution is 0.177. The fraction of sp³-hybridized carbons (Fsp3) is 0.333. The molecule has 0 saturated carbocycles. The molecule has 0 atom stereocenters. The van der Waals surface area contributed by atoms with Crippen LogP contribution in [0, 0.1) is 5.82 Å². The Labute approximate surface area is 62.0 Å². The van der Waals surface area contributed by atoms with Crippen molar-refractivity contribution in [1.82, 2.24) is 9.97 Å². The molecule has 0 amide bonds. The van der Waals surface area contributed by atoms with Gasteiger partial charge in [0, 0.05) is 7.11 Å². The molecular weight excluding hydrogens is 151 g/mol. The molecule has 1 rings (SSSR count). The quantitative estimate of drug-likeness (QED) is 0.661. The first-order valence-corrected chi connectivity index (χ1v) is 2.96. The maximum atomic E-state index is 12.7. The maximum Gasteiger partial charge on any atom is 0.287 e. The molecule has 0 radical (unpaired) electrons. The summed E-state index contributed by atoms with van der Waals surface area (Å²) in [6.45, 7) is 0.00968. The number of H-pyrrole nitrogens is 1. The highest BCUT2D eigenvalue weighted by Crippen LogP contribution is 1.96. The van der Waals surface area contributed by atoms with Crippen LogP contribution in [0.15, 0.2) is 11.1 Å². The second kappa shape index (κ2) is 3.25. The van der Waals surface area contributed by atoms with Crippen LogP contribution in [0.5, 0.6) is 0 Å². The number of ether oxygens (including phenoxy) is 1. The zero-order valence-corrected chi connectivity index (χ0v) is 5.93. The van der Waals surface area contributed by atoms with Crippen LogP contribution in [-0.2, 0) is 11.3 Å². The summed E-state index contributed by atoms with van der Waals surface area (Å²) in [5.41, 5.74) is -0.747. The smallest absolute Gasteiger partial charge is 0.287 e. The fourth-order valence-electron chi connectivity index (χ4n) is 0.657. The summed E-state index contributed by atoms with van der Waals surface area (Å²) in [5.74, 6) is -0.880. The summed E-state index contributed by atoms with van der Waals surface area (Å²) in [4.78, 5) is 16.3. The molecular formula is C6H7FN2O2. The first kappa shape index (κ1) is 7.87. The van der Waals surface area contributed by atoms with E-state index in [4.69, 9.17) is 0 Å². The number of nitrogens with one attached hydrogen (secondary N) is 1. The number of halogens is 1. The van der Waals surface area contributed by atoms with E-state index in [-0.39, 0.29) is 12.3 Å². The summed E-state index contributed by atoms with van der Waals surface area (Å²) in [5, 5.41) is 0. The Hall–Kier alpha value is -1.23. The number of aromatic nitrogens is 2. The van der Waals surface area contributed by atoms with Crippen molar-refractivity contribution in [3.05, 3.63) is 28.2 Å². The first-order valence-electron chi connectivity index (χ1n) is 2.96. The van der Waals surface area contributed by atoms with Gasteiger partial charge in [0.1, 0.15) is 5.69 Å². The largest absolute Gasteiger partial charge is 0.378 e. The number of methoxy groups -OCH3 is 1. The van der Waals surface area contributed by atoms with Crippen molar-refractivity contribution in [2.45, 2.75) is 6.61 Å². The van der Waals surface area contributed by atoms with Crippen LogP contribution in [0.1, 0.15) is 5.69 Å². The molecule has 1 N–H and O–H groups in total. The highest BCUT2D eigenvalue weighted by molar-refractivity contribution is 5.00. The minimum Gasteiger partial charge on any atom is -0.378 e. The van der Waals surface area contributed by atoms with Crippen LogP contribution in [-0.4, -0.2) is 17.1 Å². The van der Waals surface area contributed by atoms with Crippen LogP contribution in [0.25, 0.3) is 0 Å². The second-order valence-electron chi connectivity index (χ2n) is 1.93. The zero-order chi connectivity index (χ0) is 8.27. The Morgan fingerprint density at radius 2 is 2.55 bits per heavy atom. The van der Waals surface area contributed by atoms with E-state index in [9.17, 15) is 9.18 Å². The number of nitrogens with zero attached hydrogens (tertiary/aromatic N) is 1. The highest BCUT2D eigenvalue weighted by atomic mass is 19.1. The molecule has 1 aromatic rings. The first-order chi connectivity index (χ1) is 5.25. The van der Waals surface area contributed by atoms with Gasteiger partial charge in [-0.25, -0.2) is 4.98 Å². The van der Waals surface area contributed by atoms with Gasteiger partial charge in [0.25, 0.3) is 5.56 Å². The normalized spacial score (nSPS) is 10.0. The van der Waals surface area contributed by atoms with Gasteiger partial charge in [0.2, 0.25) is 5.82 Å². The van der Waals surface area contributed by atoms with Gasteiger partial charge in [-0.2, -0.15) is 4.39 Å². The maximum absolute atomic E-state index is 12.7. The summed E-state index contributed by atoms with van der Waals surface area (Å²) in [6, 6.07) is 0. The van der Waals surface area contributed by atoms with E-state index < -0.39 is 11.4 Å². The monoisotopic (exact) mass is 158 g/mol. The molecule has 60 valence electrons. The Balaban J connectivity index is 3.06. The van der Waals surface area contributed by atoms with Crippen LogP contribution >= 0.6 is 0 Å². The lowest BCUT2D eigenvalue weighted by atomic mass is 10.4. The Bertz CT molecular complexity index is 297. The molecule has 0 bridgehead atoms. The number of hydrogen-bond acceptors (Lipinski definition) is 3. The van der Waals surface area contributed by atoms with E-state index in [0.717, 1.165) is 6.33 Å². The van der Waals surface area contributed by atoms with Gasteiger partial charge in [-0.1, -0.05) is 0 Å². The highest BCUT2D eigenvalue weighted by Gasteiger charge is 2.05. The molecule has 0 spiro atoms. The van der Waals surface area contributed by atoms with Crippen molar-refractivity contribution >= 4 is 0 Å². The fourth-order valence-corrected chi connectivity index (χ4v) is 0.657. The zero-order valence-electron chi connectivity index (χ0n) is 5.93. The van der Waals surface area contributed by atoms with Gasteiger partial charge >= 0.3 is 0 Å². The lowest BCUT2D eigenvalue weighted by Gasteiger charge is -1.97. The average molecular weight is 158 g/mol. The molecule has 0 aromatic carbocycles. The van der Waals surface area contributed by atoms with Crippen molar-refractivity contribution in [2.24, 2.45) is 0 Å². The second-order valence-corrected chi connectivity index (χ2v) is 1.93. The van der Waals surface area contributed by atoms with E-state index in [2.05, 4.69) is 14.7 Å². The molecule has 0 saturated heterocycles. The van der Waals surface area contributed by atoms with E-state index in [0.29, 0.717) is 0 Å². The third-order valence-electron chi connectivity index (χ3n) is 1.15. The minimum absolute atomic E-state index is 0.00968. The van der Waals surface area contributed by atoms with Gasteiger partial charge in [0.05, 0.1) is 12.9 Å². The van der Waals surface area contributed by atoms with Gasteiger partial charge in [-0.15, -0.1) is 0 Å². The predicted octanol–water partition coefficient (Wildman–Crippen LogP) is 0.0554. The SMILES string of the molecule is COCc1nc[nH]c(=O)c1F. The standard InChI is InChI=1S/C6H7FN2O2/c1-11-2-4-5(7)6(10)9-3-8-4/h3H,2H2,1H3,(H,8,9,10). The van der Waals surface area contributed by atoms with E-state index in [1.54, 1.807) is 0 Å². The van der Waals surface area contributed by atoms with Gasteiger partial charge in [-0.3, -0.25) is 4.79 Å².